The van der Waals surface area contributed by atoms with E-state index in [4.69, 9.17) is 5.11 Å². The first-order chi connectivity index (χ1) is 6.75. The van der Waals surface area contributed by atoms with E-state index in [1.807, 2.05) is 0 Å². The number of benzene rings is 2. The number of thiol groups is 1. The predicted molar refractivity (Wildman–Crippen MR) is 60.8 cm³/mol. The van der Waals surface area contributed by atoms with Crippen molar-refractivity contribution in [3.63, 3.8) is 0 Å². The summed E-state index contributed by atoms with van der Waals surface area (Å²) in [6.07, 6.45) is 0. The largest absolute Gasteiger partial charge is 0.508 e. The second-order valence-corrected chi connectivity index (χ2v) is 3.61. The van der Waals surface area contributed by atoms with Gasteiger partial charge in [0, 0.05) is 4.90 Å². The van der Waals surface area contributed by atoms with Gasteiger partial charge in [-0.3, -0.25) is 0 Å². The maximum absolute atomic E-state index is 8.72. The van der Waals surface area contributed by atoms with Gasteiger partial charge in [0.2, 0.25) is 0 Å². The lowest BCUT2D eigenvalue weighted by atomic mass is 10.3. The number of phenolic OH excluding ortho intramolecular Hbond substituents is 1. The fourth-order valence-corrected chi connectivity index (χ4v) is 1.28. The van der Waals surface area contributed by atoms with Crippen LogP contribution in [-0.2, 0) is 0 Å². The molecule has 0 saturated carbocycles. The Hall–Kier alpha value is -1.41. The fraction of sp³-hybridized carbons (Fsp3) is 0. The highest BCUT2D eigenvalue weighted by Crippen LogP contribution is 2.32. The minimum atomic E-state index is 0.280. The Labute approximate surface area is 88.4 Å². The highest BCUT2D eigenvalue weighted by Gasteiger charge is 2.06. The first-order valence-corrected chi connectivity index (χ1v) is 4.79. The Morgan fingerprint density at radius 3 is 1.71 bits per heavy atom. The molecule has 0 saturated heterocycles. The van der Waals surface area contributed by atoms with E-state index < -0.39 is 0 Å². The zero-order chi connectivity index (χ0) is 9.97. The lowest BCUT2D eigenvalue weighted by molar-refractivity contribution is 0.475. The molecule has 1 N–H and O–H groups in total. The highest BCUT2D eigenvalue weighted by molar-refractivity contribution is 7.80. The van der Waals surface area contributed by atoms with Gasteiger partial charge in [0.15, 0.2) is 0 Å². The molecule has 1 aromatic rings. The molecule has 0 amide bonds. The van der Waals surface area contributed by atoms with Crippen molar-refractivity contribution < 1.29 is 5.11 Å². The van der Waals surface area contributed by atoms with Crippen LogP contribution in [-0.4, -0.2) is 5.11 Å². The van der Waals surface area contributed by atoms with E-state index in [1.165, 1.54) is 11.1 Å². The number of hydrogen-bond acceptors (Lipinski definition) is 2. The molecule has 14 heavy (non-hydrogen) atoms. The van der Waals surface area contributed by atoms with Crippen LogP contribution in [0.25, 0.3) is 11.1 Å². The molecular formula is C12H10OS. The van der Waals surface area contributed by atoms with E-state index >= 15 is 0 Å². The Balaban J connectivity index is 0.000000110. The van der Waals surface area contributed by atoms with Crippen LogP contribution in [0.1, 0.15) is 0 Å². The molecule has 70 valence electrons. The van der Waals surface area contributed by atoms with Crippen molar-refractivity contribution in [2.24, 2.45) is 0 Å². The Morgan fingerprint density at radius 2 is 1.43 bits per heavy atom. The molecule has 0 aliphatic heterocycles. The van der Waals surface area contributed by atoms with Crippen molar-refractivity contribution in [1.82, 2.24) is 0 Å². The minimum absolute atomic E-state index is 0.280. The van der Waals surface area contributed by atoms with Crippen LogP contribution in [0.4, 0.5) is 0 Å². The first kappa shape index (κ1) is 9.16. The molecule has 0 fully saturated rings. The zero-order valence-electron chi connectivity index (χ0n) is 7.51. The summed E-state index contributed by atoms with van der Waals surface area (Å²) in [6, 6.07) is 15.1. The van der Waals surface area contributed by atoms with Gasteiger partial charge in [-0.05, 0) is 41.5 Å². The summed E-state index contributed by atoms with van der Waals surface area (Å²) in [5.74, 6) is 0.280. The van der Waals surface area contributed by atoms with Gasteiger partial charge in [0.05, 0.1) is 0 Å². The van der Waals surface area contributed by atoms with Crippen molar-refractivity contribution in [1.29, 1.82) is 0 Å². The second-order valence-electron chi connectivity index (χ2n) is 3.10. The first-order valence-electron chi connectivity index (χ1n) is 4.34. The maximum Gasteiger partial charge on any atom is 0.115 e. The zero-order valence-corrected chi connectivity index (χ0v) is 8.41. The summed E-state index contributed by atoms with van der Waals surface area (Å²) in [5.41, 5.74) is 2.85. The van der Waals surface area contributed by atoms with E-state index in [2.05, 4.69) is 36.9 Å². The van der Waals surface area contributed by atoms with E-state index in [-0.39, 0.29) is 5.75 Å². The molecule has 0 spiro atoms. The highest BCUT2D eigenvalue weighted by atomic mass is 32.1. The van der Waals surface area contributed by atoms with E-state index in [1.54, 1.807) is 24.3 Å². The Morgan fingerprint density at radius 1 is 0.857 bits per heavy atom. The van der Waals surface area contributed by atoms with Crippen LogP contribution in [0.15, 0.2) is 53.4 Å². The summed E-state index contributed by atoms with van der Waals surface area (Å²) in [4.78, 5) is 0.864. The fourth-order valence-electron chi connectivity index (χ4n) is 1.13. The summed E-state index contributed by atoms with van der Waals surface area (Å²) < 4.78 is 0. The van der Waals surface area contributed by atoms with Crippen LogP contribution in [0.5, 0.6) is 5.75 Å². The van der Waals surface area contributed by atoms with Gasteiger partial charge in [-0.25, -0.2) is 0 Å². The van der Waals surface area contributed by atoms with E-state index in [0.29, 0.717) is 0 Å². The minimum Gasteiger partial charge on any atom is -0.508 e. The van der Waals surface area contributed by atoms with Gasteiger partial charge in [-0.2, -0.15) is 0 Å². The van der Waals surface area contributed by atoms with Gasteiger partial charge in [0.1, 0.15) is 5.75 Å². The third-order valence-corrected chi connectivity index (χ3v) is 2.26. The molecule has 2 aliphatic rings. The number of aromatic hydroxyl groups is 1. The number of phenols is 1. The average Bonchev–Trinajstić information content (AvgIpc) is 2.80. The molecule has 0 aromatic heterocycles. The molecule has 2 aliphatic carbocycles. The monoisotopic (exact) mass is 202 g/mol. The SMILES string of the molecule is Oc1ccc(S)cc1.c1cc2cc-2c1. The predicted octanol–water partition coefficient (Wildman–Crippen LogP) is 3.35. The van der Waals surface area contributed by atoms with Gasteiger partial charge < -0.3 is 5.11 Å². The molecule has 0 radical (unpaired) electrons. The molecule has 0 bridgehead atoms. The quantitative estimate of drug-likeness (QED) is 0.536. The molecule has 0 unspecified atom stereocenters. The topological polar surface area (TPSA) is 20.2 Å². The van der Waals surface area contributed by atoms with E-state index in [9.17, 15) is 0 Å². The van der Waals surface area contributed by atoms with Crippen LogP contribution >= 0.6 is 12.6 Å². The standard InChI is InChI=1S/C6H6OS.C6H4/c7-5-1-3-6(8)4-2-5;1-2-5-4-6(5)3-1/h1-4,7-8H;1-4H. The molecule has 2 heteroatoms. The van der Waals surface area contributed by atoms with Crippen molar-refractivity contribution in [3.05, 3.63) is 48.5 Å². The van der Waals surface area contributed by atoms with Crippen molar-refractivity contribution in [3.8, 4) is 16.9 Å². The summed E-state index contributed by atoms with van der Waals surface area (Å²) in [5, 5.41) is 8.72. The van der Waals surface area contributed by atoms with Crippen LogP contribution in [0.2, 0.25) is 0 Å². The van der Waals surface area contributed by atoms with Crippen LogP contribution in [0, 0.1) is 0 Å². The third kappa shape index (κ3) is 2.30. The van der Waals surface area contributed by atoms with Crippen LogP contribution < -0.4 is 0 Å². The lowest BCUT2D eigenvalue weighted by Crippen LogP contribution is -1.62. The van der Waals surface area contributed by atoms with Gasteiger partial charge in [-0.1, -0.05) is 18.2 Å². The smallest absolute Gasteiger partial charge is 0.115 e. The Bertz CT molecular complexity index is 396. The molecule has 3 rings (SSSR count). The van der Waals surface area contributed by atoms with Crippen molar-refractivity contribution in [2.75, 3.05) is 0 Å². The van der Waals surface area contributed by atoms with Crippen molar-refractivity contribution >= 4 is 12.6 Å². The normalized spacial score (nSPS) is 10.1. The van der Waals surface area contributed by atoms with Crippen LogP contribution in [0.3, 0.4) is 0 Å². The molecule has 0 heterocycles. The molecular weight excluding hydrogens is 192 g/mol. The molecule has 1 aromatic carbocycles. The van der Waals surface area contributed by atoms with Gasteiger partial charge in [0.25, 0.3) is 0 Å². The Kier molecular flexibility index (Phi) is 2.46. The number of rotatable bonds is 0. The summed E-state index contributed by atoms with van der Waals surface area (Å²) in [7, 11) is 0. The lowest BCUT2D eigenvalue weighted by Gasteiger charge is -1.88. The third-order valence-electron chi connectivity index (χ3n) is 1.96. The number of fused-ring (bicyclic) bond motifs is 1. The maximum atomic E-state index is 8.72. The average molecular weight is 202 g/mol. The van der Waals surface area contributed by atoms with Gasteiger partial charge >= 0.3 is 0 Å². The summed E-state index contributed by atoms with van der Waals surface area (Å²) >= 11 is 4.02. The molecule has 0 atom stereocenters. The number of hydrogen-bond donors (Lipinski definition) is 2. The second kappa shape index (κ2) is 3.76. The van der Waals surface area contributed by atoms with Gasteiger partial charge in [-0.15, -0.1) is 12.6 Å². The molecule has 1 nitrogen and oxygen atoms in total. The van der Waals surface area contributed by atoms with Crippen molar-refractivity contribution in [2.45, 2.75) is 4.90 Å². The summed E-state index contributed by atoms with van der Waals surface area (Å²) in [6.45, 7) is 0. The van der Waals surface area contributed by atoms with E-state index in [0.717, 1.165) is 4.90 Å².